The van der Waals surface area contributed by atoms with E-state index in [1.807, 2.05) is 31.7 Å². The van der Waals surface area contributed by atoms with E-state index < -0.39 is 11.7 Å². The smallest absolute Gasteiger partial charge is 0.416 e. The van der Waals surface area contributed by atoms with Gasteiger partial charge in [-0.25, -0.2) is 0 Å². The second kappa shape index (κ2) is 12.2. The second-order valence-electron chi connectivity index (χ2n) is 7.13. The maximum atomic E-state index is 13.0. The van der Waals surface area contributed by atoms with E-state index in [4.69, 9.17) is 4.74 Å². The molecule has 32 heavy (non-hydrogen) atoms. The quantitative estimate of drug-likeness (QED) is 0.485. The number of nitrogens with zero attached hydrogens (tertiary/aromatic N) is 2. The van der Waals surface area contributed by atoms with Crippen LogP contribution in [0.15, 0.2) is 42.7 Å². The van der Waals surface area contributed by atoms with E-state index in [9.17, 15) is 18.0 Å². The molecule has 6 nitrogen and oxygen atoms in total. The number of halogens is 3. The molecule has 1 aliphatic rings. The van der Waals surface area contributed by atoms with Crippen molar-refractivity contribution in [2.24, 2.45) is 0 Å². The van der Waals surface area contributed by atoms with Crippen LogP contribution < -0.4 is 10.2 Å². The van der Waals surface area contributed by atoms with Crippen LogP contribution in [-0.4, -0.2) is 29.2 Å². The molecular formula is C23H31F3N4O2. The highest BCUT2D eigenvalue weighted by Crippen LogP contribution is 2.32. The van der Waals surface area contributed by atoms with Crippen molar-refractivity contribution in [2.45, 2.75) is 58.7 Å². The molecule has 1 aliphatic heterocycles. The molecule has 2 N–H and O–H groups in total. The van der Waals surface area contributed by atoms with Crippen molar-refractivity contribution >= 4 is 17.4 Å². The number of carbonyl (C=O) groups is 1. The van der Waals surface area contributed by atoms with E-state index in [2.05, 4.69) is 15.5 Å². The SMILES string of the molecule is CC.CCCN(CCCC(=O)Nc1cc(C2CC=CO2)[nH]n1)c1cccc(C(F)(F)F)c1. The summed E-state index contributed by atoms with van der Waals surface area (Å²) in [5, 5.41) is 9.66. The number of anilines is 2. The summed E-state index contributed by atoms with van der Waals surface area (Å²) >= 11 is 0. The molecule has 0 spiro atoms. The van der Waals surface area contributed by atoms with Gasteiger partial charge < -0.3 is 15.0 Å². The number of H-pyrrole nitrogens is 1. The van der Waals surface area contributed by atoms with E-state index in [-0.39, 0.29) is 18.4 Å². The summed E-state index contributed by atoms with van der Waals surface area (Å²) in [4.78, 5) is 14.1. The summed E-state index contributed by atoms with van der Waals surface area (Å²) < 4.78 is 44.4. The molecule has 176 valence electrons. The Kier molecular flexibility index (Phi) is 9.61. The van der Waals surface area contributed by atoms with Gasteiger partial charge in [-0.3, -0.25) is 9.89 Å². The fourth-order valence-electron chi connectivity index (χ4n) is 3.31. The Labute approximate surface area is 186 Å². The molecule has 2 heterocycles. The van der Waals surface area contributed by atoms with Crippen molar-refractivity contribution in [1.29, 1.82) is 0 Å². The lowest BCUT2D eigenvalue weighted by Crippen LogP contribution is -2.26. The number of benzene rings is 1. The topological polar surface area (TPSA) is 70.2 Å². The Morgan fingerprint density at radius 2 is 2.06 bits per heavy atom. The molecule has 1 unspecified atom stereocenters. The van der Waals surface area contributed by atoms with Gasteiger partial charge in [0.2, 0.25) is 5.91 Å². The maximum Gasteiger partial charge on any atom is 0.416 e. The van der Waals surface area contributed by atoms with Crippen LogP contribution in [-0.2, 0) is 15.7 Å². The van der Waals surface area contributed by atoms with Gasteiger partial charge in [-0.2, -0.15) is 18.3 Å². The van der Waals surface area contributed by atoms with E-state index in [0.717, 1.165) is 30.7 Å². The number of hydrogen-bond donors (Lipinski definition) is 2. The molecular weight excluding hydrogens is 421 g/mol. The monoisotopic (exact) mass is 452 g/mol. The van der Waals surface area contributed by atoms with Crippen LogP contribution in [0.25, 0.3) is 0 Å². The molecule has 0 fully saturated rings. The van der Waals surface area contributed by atoms with Crippen molar-refractivity contribution in [3.05, 3.63) is 53.9 Å². The molecule has 0 aliphatic carbocycles. The highest BCUT2D eigenvalue weighted by molar-refractivity contribution is 5.89. The maximum absolute atomic E-state index is 13.0. The van der Waals surface area contributed by atoms with Crippen LogP contribution in [0.4, 0.5) is 24.7 Å². The summed E-state index contributed by atoms with van der Waals surface area (Å²) in [7, 11) is 0. The minimum absolute atomic E-state index is 0.113. The Bertz CT molecular complexity index is 872. The van der Waals surface area contributed by atoms with Crippen LogP contribution in [0.5, 0.6) is 0 Å². The highest BCUT2D eigenvalue weighted by Gasteiger charge is 2.30. The van der Waals surface area contributed by atoms with Crippen LogP contribution in [0.1, 0.15) is 63.8 Å². The molecule has 2 aromatic rings. The van der Waals surface area contributed by atoms with Crippen LogP contribution >= 0.6 is 0 Å². The van der Waals surface area contributed by atoms with Crippen LogP contribution in [0, 0.1) is 0 Å². The first-order valence-electron chi connectivity index (χ1n) is 10.9. The third-order valence-corrected chi connectivity index (χ3v) is 4.77. The highest BCUT2D eigenvalue weighted by atomic mass is 19.4. The normalized spacial score (nSPS) is 15.0. The standard InChI is InChI=1S/C21H25F3N4O2.C2H6/c1-2-10-28(16-7-3-6-15(13-16)21(22,23)24)11-4-9-20(29)25-19-14-17(26-27-19)18-8-5-12-30-18;1-2/h3,5-7,12-14,18H,2,4,8-11H2,1H3,(H2,25,26,27,29);1-2H3. The first-order valence-corrected chi connectivity index (χ1v) is 10.9. The zero-order valence-electron chi connectivity index (χ0n) is 18.7. The van der Waals surface area contributed by atoms with E-state index >= 15 is 0 Å². The van der Waals surface area contributed by atoms with E-state index in [1.165, 1.54) is 6.07 Å². The summed E-state index contributed by atoms with van der Waals surface area (Å²) in [5.74, 6) is 0.229. The number of aromatic amines is 1. The average molecular weight is 453 g/mol. The Hall–Kier alpha value is -2.97. The molecule has 0 radical (unpaired) electrons. The van der Waals surface area contributed by atoms with Gasteiger partial charge in [0.1, 0.15) is 6.10 Å². The Balaban J connectivity index is 0.00000176. The van der Waals surface area contributed by atoms with Gasteiger partial charge in [-0.05, 0) is 37.1 Å². The molecule has 0 saturated carbocycles. The number of amides is 1. The van der Waals surface area contributed by atoms with Gasteiger partial charge in [0.15, 0.2) is 5.82 Å². The third kappa shape index (κ3) is 7.32. The molecule has 1 atom stereocenters. The third-order valence-electron chi connectivity index (χ3n) is 4.77. The minimum atomic E-state index is -4.38. The second-order valence-corrected chi connectivity index (χ2v) is 7.13. The molecule has 0 saturated heterocycles. The summed E-state index contributed by atoms with van der Waals surface area (Å²) in [6, 6.07) is 7.02. The van der Waals surface area contributed by atoms with Gasteiger partial charge in [0, 0.05) is 37.7 Å². The zero-order chi connectivity index (χ0) is 23.6. The van der Waals surface area contributed by atoms with Crippen LogP contribution in [0.3, 0.4) is 0 Å². The first-order chi connectivity index (χ1) is 15.4. The van der Waals surface area contributed by atoms with Crippen molar-refractivity contribution < 1.29 is 22.7 Å². The van der Waals surface area contributed by atoms with Crippen LogP contribution in [0.2, 0.25) is 0 Å². The number of carbonyl (C=O) groups excluding carboxylic acids is 1. The number of ether oxygens (including phenoxy) is 1. The lowest BCUT2D eigenvalue weighted by Gasteiger charge is -2.25. The fourth-order valence-corrected chi connectivity index (χ4v) is 3.31. The number of alkyl halides is 3. The summed E-state index contributed by atoms with van der Waals surface area (Å²) in [5.41, 5.74) is 0.623. The van der Waals surface area contributed by atoms with Gasteiger partial charge in [0.25, 0.3) is 0 Å². The number of aromatic nitrogens is 2. The molecule has 1 aromatic carbocycles. The summed E-state index contributed by atoms with van der Waals surface area (Å²) in [6.07, 6.45) is 1.34. The Morgan fingerprint density at radius 1 is 1.28 bits per heavy atom. The predicted octanol–water partition coefficient (Wildman–Crippen LogP) is 6.07. The van der Waals surface area contributed by atoms with Crippen molar-refractivity contribution in [1.82, 2.24) is 10.2 Å². The number of hydrogen-bond acceptors (Lipinski definition) is 4. The number of rotatable bonds is 9. The molecule has 9 heteroatoms. The fraction of sp³-hybridized carbons (Fsp3) is 0.478. The average Bonchev–Trinajstić information content (AvgIpc) is 3.46. The first kappa shape index (κ1) is 25.3. The van der Waals surface area contributed by atoms with Crippen molar-refractivity contribution in [2.75, 3.05) is 23.3 Å². The molecule has 0 bridgehead atoms. The molecule has 1 aromatic heterocycles. The van der Waals surface area contributed by atoms with Crippen molar-refractivity contribution in [3.8, 4) is 0 Å². The van der Waals surface area contributed by atoms with Gasteiger partial charge in [0.05, 0.1) is 17.5 Å². The van der Waals surface area contributed by atoms with E-state index in [1.54, 1.807) is 18.4 Å². The lowest BCUT2D eigenvalue weighted by atomic mass is 10.1. The largest absolute Gasteiger partial charge is 0.492 e. The minimum Gasteiger partial charge on any atom is -0.492 e. The zero-order valence-corrected chi connectivity index (χ0v) is 18.7. The predicted molar refractivity (Wildman–Crippen MR) is 119 cm³/mol. The molecule has 3 rings (SSSR count). The lowest BCUT2D eigenvalue weighted by molar-refractivity contribution is -0.137. The summed E-state index contributed by atoms with van der Waals surface area (Å²) in [6.45, 7) is 7.06. The van der Waals surface area contributed by atoms with Gasteiger partial charge >= 0.3 is 6.18 Å². The van der Waals surface area contributed by atoms with E-state index in [0.29, 0.717) is 31.0 Å². The molecule has 1 amide bonds. The van der Waals surface area contributed by atoms with Gasteiger partial charge in [-0.1, -0.05) is 26.8 Å². The Morgan fingerprint density at radius 3 is 2.72 bits per heavy atom. The van der Waals surface area contributed by atoms with Gasteiger partial charge in [-0.15, -0.1) is 0 Å². The number of nitrogens with one attached hydrogen (secondary N) is 2. The van der Waals surface area contributed by atoms with Crippen molar-refractivity contribution in [3.63, 3.8) is 0 Å².